The maximum Gasteiger partial charge on any atom is 0.259 e. The van der Waals surface area contributed by atoms with Gasteiger partial charge in [0.1, 0.15) is 5.75 Å². The van der Waals surface area contributed by atoms with Crippen LogP contribution in [0.5, 0.6) is 5.75 Å². The molecule has 0 radical (unpaired) electrons. The van der Waals surface area contributed by atoms with Gasteiger partial charge in [0, 0.05) is 57.0 Å². The van der Waals surface area contributed by atoms with Crippen LogP contribution in [-0.4, -0.2) is 46.5 Å². The molecule has 218 valence electrons. The van der Waals surface area contributed by atoms with Crippen LogP contribution in [0.4, 0.5) is 0 Å². The summed E-state index contributed by atoms with van der Waals surface area (Å²) in [5.74, 6) is -0.311. The molecule has 1 fully saturated rings. The van der Waals surface area contributed by atoms with Crippen LogP contribution >= 0.6 is 11.6 Å². The van der Waals surface area contributed by atoms with E-state index in [1.54, 1.807) is 13.2 Å². The molecule has 6 rings (SSSR count). The van der Waals surface area contributed by atoms with Crippen molar-refractivity contribution in [1.29, 1.82) is 0 Å². The van der Waals surface area contributed by atoms with Crippen molar-refractivity contribution in [3.05, 3.63) is 64.7 Å². The van der Waals surface area contributed by atoms with Crippen molar-refractivity contribution in [1.82, 2.24) is 20.5 Å². The second-order valence-corrected chi connectivity index (χ2v) is 13.1. The number of ether oxygens (including phenoxy) is 1. The summed E-state index contributed by atoms with van der Waals surface area (Å²) in [4.78, 5) is 39.7. The van der Waals surface area contributed by atoms with E-state index in [4.69, 9.17) is 16.3 Å². The Kier molecular flexibility index (Phi) is 6.82. The topological polar surface area (TPSA) is 101 Å². The monoisotopic (exact) mass is 586 g/mol. The number of carbonyl (C=O) groups is 3. The highest BCUT2D eigenvalue weighted by Crippen LogP contribution is 2.43. The van der Waals surface area contributed by atoms with E-state index < -0.39 is 11.8 Å². The molecule has 3 heterocycles. The van der Waals surface area contributed by atoms with Gasteiger partial charge in [0.25, 0.3) is 11.8 Å². The molecular weight excluding hydrogens is 552 g/mol. The first-order valence-electron chi connectivity index (χ1n) is 14.2. The van der Waals surface area contributed by atoms with Crippen LogP contribution in [-0.2, 0) is 11.3 Å². The van der Waals surface area contributed by atoms with Crippen molar-refractivity contribution in [2.45, 2.75) is 70.6 Å². The Morgan fingerprint density at radius 1 is 0.976 bits per heavy atom. The van der Waals surface area contributed by atoms with Crippen LogP contribution in [0, 0.1) is 0 Å². The van der Waals surface area contributed by atoms with Gasteiger partial charge in [0.2, 0.25) is 5.91 Å². The maximum atomic E-state index is 13.3. The van der Waals surface area contributed by atoms with Gasteiger partial charge >= 0.3 is 0 Å². The maximum absolute atomic E-state index is 13.3. The van der Waals surface area contributed by atoms with Gasteiger partial charge in [-0.1, -0.05) is 29.8 Å². The van der Waals surface area contributed by atoms with E-state index in [-0.39, 0.29) is 29.4 Å². The number of nitrogens with zero attached hydrogens (tertiary/aromatic N) is 1. The van der Waals surface area contributed by atoms with Crippen LogP contribution in [0.1, 0.15) is 67.7 Å². The lowest BCUT2D eigenvalue weighted by Crippen LogP contribution is -2.62. The van der Waals surface area contributed by atoms with Crippen LogP contribution in [0.15, 0.2) is 48.5 Å². The van der Waals surface area contributed by atoms with Crippen molar-refractivity contribution in [3.8, 4) is 16.9 Å². The smallest absolute Gasteiger partial charge is 0.259 e. The summed E-state index contributed by atoms with van der Waals surface area (Å²) in [5.41, 5.74) is 3.26. The van der Waals surface area contributed by atoms with Crippen molar-refractivity contribution in [2.75, 3.05) is 7.11 Å². The predicted molar refractivity (Wildman–Crippen MR) is 165 cm³/mol. The Labute approximate surface area is 249 Å². The van der Waals surface area contributed by atoms with E-state index in [2.05, 4.69) is 48.2 Å². The minimum absolute atomic E-state index is 0.0302. The molecule has 4 aromatic rings. The summed E-state index contributed by atoms with van der Waals surface area (Å²) in [5, 5.41) is 11.3. The molecule has 9 heteroatoms. The summed E-state index contributed by atoms with van der Waals surface area (Å²) in [6.45, 7) is 9.03. The van der Waals surface area contributed by atoms with E-state index in [0.29, 0.717) is 45.0 Å². The summed E-state index contributed by atoms with van der Waals surface area (Å²) in [6.07, 6.45) is 1.93. The van der Waals surface area contributed by atoms with Gasteiger partial charge in [-0.3, -0.25) is 19.7 Å². The zero-order valence-corrected chi connectivity index (χ0v) is 25.2. The minimum Gasteiger partial charge on any atom is -0.497 e. The van der Waals surface area contributed by atoms with Crippen LogP contribution in [0.3, 0.4) is 0 Å². The Morgan fingerprint density at radius 2 is 1.67 bits per heavy atom. The number of aryl methyl sites for hydroxylation is 1. The van der Waals surface area contributed by atoms with Gasteiger partial charge < -0.3 is 19.9 Å². The molecule has 0 spiro atoms. The molecule has 0 saturated carbocycles. The number of piperidine rings is 1. The summed E-state index contributed by atoms with van der Waals surface area (Å²) < 4.78 is 7.56. The number of imide groups is 1. The second kappa shape index (κ2) is 10.1. The van der Waals surface area contributed by atoms with E-state index in [9.17, 15) is 14.4 Å². The molecule has 8 nitrogen and oxygen atoms in total. The van der Waals surface area contributed by atoms with Gasteiger partial charge in [-0.25, -0.2) is 0 Å². The third kappa shape index (κ3) is 4.92. The largest absolute Gasteiger partial charge is 0.497 e. The quantitative estimate of drug-likeness (QED) is 0.247. The third-order valence-electron chi connectivity index (χ3n) is 8.32. The lowest BCUT2D eigenvalue weighted by Gasteiger charge is -2.46. The molecular formula is C33H35ClN4O4. The number of rotatable bonds is 6. The summed E-state index contributed by atoms with van der Waals surface area (Å²) in [7, 11) is 1.59. The Morgan fingerprint density at radius 3 is 2.36 bits per heavy atom. The lowest BCUT2D eigenvalue weighted by atomic mass is 9.79. The average Bonchev–Trinajstić information content (AvgIpc) is 3.37. The van der Waals surface area contributed by atoms with E-state index in [1.165, 1.54) is 0 Å². The SMILES string of the molecule is COc1ccc2c(c1)c1c3c(c(-c4ccccc4Cl)cc1n2CCC(=O)NC1CC(C)(C)NC(C)(C)C1)C(=O)NC3=O. The molecule has 3 amide bonds. The number of benzene rings is 3. The standard InChI is InChI=1S/C33H35ClN4O4/c1-32(2)16-18(17-33(3,4)37-32)35-26(39)12-13-38-24-11-10-19(42-5)14-22(24)27-25(38)15-21(20-8-6-7-9-23(20)34)28-29(27)31(41)36-30(28)40/h6-11,14-15,18,37H,12-13,16-17H2,1-5H3,(H,35,39)(H,36,40,41). The number of methoxy groups -OCH3 is 1. The number of hydrogen-bond acceptors (Lipinski definition) is 5. The minimum atomic E-state index is -0.456. The zero-order valence-electron chi connectivity index (χ0n) is 24.5. The molecule has 3 aromatic carbocycles. The molecule has 0 atom stereocenters. The lowest BCUT2D eigenvalue weighted by molar-refractivity contribution is -0.122. The number of amides is 3. The molecule has 2 aliphatic rings. The Balaban J connectivity index is 1.46. The molecule has 3 N–H and O–H groups in total. The Bertz CT molecular complexity index is 1770. The molecule has 0 bridgehead atoms. The number of nitrogens with one attached hydrogen (secondary N) is 3. The summed E-state index contributed by atoms with van der Waals surface area (Å²) >= 11 is 6.59. The van der Waals surface area contributed by atoms with Gasteiger partial charge in [-0.05, 0) is 76.4 Å². The van der Waals surface area contributed by atoms with Crippen molar-refractivity contribution < 1.29 is 19.1 Å². The molecule has 2 aliphatic heterocycles. The number of hydrogen-bond donors (Lipinski definition) is 3. The molecule has 1 saturated heterocycles. The average molecular weight is 587 g/mol. The van der Waals surface area contributed by atoms with E-state index in [0.717, 1.165) is 29.3 Å². The van der Waals surface area contributed by atoms with Crippen LogP contribution in [0.2, 0.25) is 5.02 Å². The highest BCUT2D eigenvalue weighted by Gasteiger charge is 2.38. The number of halogens is 1. The van der Waals surface area contributed by atoms with Crippen LogP contribution < -0.4 is 20.7 Å². The fourth-order valence-corrected chi connectivity index (χ4v) is 7.36. The fourth-order valence-electron chi connectivity index (χ4n) is 7.12. The van der Waals surface area contributed by atoms with Gasteiger partial charge in [0.15, 0.2) is 0 Å². The molecule has 1 aromatic heterocycles. The molecule has 0 unspecified atom stereocenters. The van der Waals surface area contributed by atoms with Gasteiger partial charge in [-0.15, -0.1) is 0 Å². The number of fused-ring (bicyclic) bond motifs is 5. The third-order valence-corrected chi connectivity index (χ3v) is 8.65. The van der Waals surface area contributed by atoms with Gasteiger partial charge in [0.05, 0.1) is 23.8 Å². The van der Waals surface area contributed by atoms with E-state index >= 15 is 0 Å². The summed E-state index contributed by atoms with van der Waals surface area (Å²) in [6, 6.07) is 14.9. The highest BCUT2D eigenvalue weighted by molar-refractivity contribution is 6.36. The van der Waals surface area contributed by atoms with Crippen molar-refractivity contribution in [2.24, 2.45) is 0 Å². The Hall–Kier alpha value is -3.88. The first-order valence-corrected chi connectivity index (χ1v) is 14.6. The first kappa shape index (κ1) is 28.2. The first-order chi connectivity index (χ1) is 19.9. The van der Waals surface area contributed by atoms with E-state index in [1.807, 2.05) is 42.5 Å². The van der Waals surface area contributed by atoms with Crippen LogP contribution in [0.25, 0.3) is 32.9 Å². The zero-order chi connectivity index (χ0) is 30.0. The number of carbonyl (C=O) groups excluding carboxylic acids is 3. The van der Waals surface area contributed by atoms with Crippen molar-refractivity contribution in [3.63, 3.8) is 0 Å². The number of aromatic nitrogens is 1. The molecule has 0 aliphatic carbocycles. The normalized spacial score (nSPS) is 17.9. The fraction of sp³-hybridized carbons (Fsp3) is 0.364. The second-order valence-electron chi connectivity index (χ2n) is 12.7. The van der Waals surface area contributed by atoms with Gasteiger partial charge in [-0.2, -0.15) is 0 Å². The highest BCUT2D eigenvalue weighted by atomic mass is 35.5. The predicted octanol–water partition coefficient (Wildman–Crippen LogP) is 5.82. The van der Waals surface area contributed by atoms with Crippen molar-refractivity contribution >= 4 is 51.1 Å². The molecule has 42 heavy (non-hydrogen) atoms.